The first-order valence-electron chi connectivity index (χ1n) is 9.33. The normalized spacial score (nSPS) is 23.9. The van der Waals surface area contributed by atoms with Crippen molar-refractivity contribution in [1.29, 1.82) is 0 Å². The lowest BCUT2D eigenvalue weighted by Crippen LogP contribution is -2.54. The number of nitrogens with one attached hydrogen (secondary N) is 2. The molecule has 9 heteroatoms. The molecule has 4 amide bonds. The molecule has 2 atom stereocenters. The number of amides is 4. The third kappa shape index (κ3) is 4.39. The molecular formula is C19H27ClN4O4. The van der Waals surface area contributed by atoms with Gasteiger partial charge in [0.15, 0.2) is 0 Å². The number of nitrogens with zero attached hydrogens (tertiary/aromatic N) is 1. The lowest BCUT2D eigenvalue weighted by molar-refractivity contribution is -0.136. The van der Waals surface area contributed by atoms with Crippen molar-refractivity contribution in [2.75, 3.05) is 25.0 Å². The van der Waals surface area contributed by atoms with E-state index >= 15 is 0 Å². The van der Waals surface area contributed by atoms with Gasteiger partial charge in [0.1, 0.15) is 24.4 Å². The van der Waals surface area contributed by atoms with Crippen molar-refractivity contribution in [1.82, 2.24) is 10.2 Å². The summed E-state index contributed by atoms with van der Waals surface area (Å²) >= 11 is 0. The summed E-state index contributed by atoms with van der Waals surface area (Å²) in [6.45, 7) is 2.52. The maximum atomic E-state index is 12.9. The van der Waals surface area contributed by atoms with Gasteiger partial charge in [0.2, 0.25) is 5.91 Å². The van der Waals surface area contributed by atoms with E-state index in [9.17, 15) is 14.4 Å². The lowest BCUT2D eigenvalue weighted by atomic mass is 9.73. The lowest BCUT2D eigenvalue weighted by Gasteiger charge is -2.36. The first-order valence-corrected chi connectivity index (χ1v) is 9.33. The zero-order valence-electron chi connectivity index (χ0n) is 15.9. The molecule has 1 heterocycles. The quantitative estimate of drug-likeness (QED) is 0.619. The van der Waals surface area contributed by atoms with Crippen LogP contribution < -0.4 is 21.1 Å². The van der Waals surface area contributed by atoms with Gasteiger partial charge in [0.05, 0.1) is 0 Å². The van der Waals surface area contributed by atoms with Crippen LogP contribution >= 0.6 is 12.4 Å². The summed E-state index contributed by atoms with van der Waals surface area (Å²) in [5, 5.41) is 5.55. The van der Waals surface area contributed by atoms with E-state index in [1.165, 1.54) is 0 Å². The van der Waals surface area contributed by atoms with Crippen LogP contribution in [0.2, 0.25) is 0 Å². The minimum Gasteiger partial charge on any atom is -0.492 e. The van der Waals surface area contributed by atoms with Crippen molar-refractivity contribution in [3.63, 3.8) is 0 Å². The number of hydrogen-bond acceptors (Lipinski definition) is 5. The molecule has 2 aliphatic rings. The van der Waals surface area contributed by atoms with E-state index in [0.717, 1.165) is 24.2 Å². The molecule has 2 fully saturated rings. The van der Waals surface area contributed by atoms with Crippen molar-refractivity contribution in [3.05, 3.63) is 24.3 Å². The van der Waals surface area contributed by atoms with Crippen molar-refractivity contribution in [2.45, 2.75) is 38.1 Å². The van der Waals surface area contributed by atoms with Crippen LogP contribution in [0.15, 0.2) is 24.3 Å². The fourth-order valence-electron chi connectivity index (χ4n) is 3.79. The fourth-order valence-corrected chi connectivity index (χ4v) is 3.79. The second kappa shape index (κ2) is 9.25. The van der Waals surface area contributed by atoms with Gasteiger partial charge >= 0.3 is 6.03 Å². The summed E-state index contributed by atoms with van der Waals surface area (Å²) < 4.78 is 5.38. The molecule has 0 bridgehead atoms. The molecule has 1 saturated heterocycles. The molecule has 2 unspecified atom stereocenters. The van der Waals surface area contributed by atoms with Crippen molar-refractivity contribution < 1.29 is 19.1 Å². The number of carbonyl (C=O) groups excluding carboxylic acids is 3. The maximum Gasteiger partial charge on any atom is 0.325 e. The Kier molecular flexibility index (Phi) is 7.26. The van der Waals surface area contributed by atoms with Crippen LogP contribution in [0.3, 0.4) is 0 Å². The molecule has 4 N–H and O–H groups in total. The predicted molar refractivity (Wildman–Crippen MR) is 107 cm³/mol. The number of halogens is 1. The zero-order valence-corrected chi connectivity index (χ0v) is 16.7. The molecular weight excluding hydrogens is 384 g/mol. The monoisotopic (exact) mass is 410 g/mol. The topological polar surface area (TPSA) is 114 Å². The van der Waals surface area contributed by atoms with Crippen LogP contribution in [0.25, 0.3) is 0 Å². The maximum absolute atomic E-state index is 12.9. The molecule has 0 radical (unpaired) electrons. The Hall–Kier alpha value is -2.32. The summed E-state index contributed by atoms with van der Waals surface area (Å²) in [4.78, 5) is 38.6. The number of nitrogens with two attached hydrogens (primary N) is 1. The zero-order chi connectivity index (χ0) is 19.4. The van der Waals surface area contributed by atoms with Crippen LogP contribution in [0.1, 0.15) is 32.6 Å². The molecule has 1 aliphatic carbocycles. The van der Waals surface area contributed by atoms with E-state index in [0.29, 0.717) is 31.0 Å². The average Bonchev–Trinajstić information content (AvgIpc) is 2.88. The minimum absolute atomic E-state index is 0. The van der Waals surface area contributed by atoms with Crippen molar-refractivity contribution in [2.24, 2.45) is 11.7 Å². The Balaban J connectivity index is 0.00000280. The van der Waals surface area contributed by atoms with E-state index in [2.05, 4.69) is 10.6 Å². The second-order valence-corrected chi connectivity index (χ2v) is 7.15. The third-order valence-electron chi connectivity index (χ3n) is 5.33. The Morgan fingerprint density at radius 2 is 2.04 bits per heavy atom. The molecule has 1 aliphatic heterocycles. The first-order chi connectivity index (χ1) is 13.0. The molecule has 1 aromatic rings. The third-order valence-corrected chi connectivity index (χ3v) is 5.33. The van der Waals surface area contributed by atoms with Crippen LogP contribution in [0.4, 0.5) is 10.5 Å². The summed E-state index contributed by atoms with van der Waals surface area (Å²) in [5.74, 6) is 0.00706. The molecule has 154 valence electrons. The molecule has 1 spiro atoms. The number of urea groups is 1. The molecule has 28 heavy (non-hydrogen) atoms. The molecule has 3 rings (SSSR count). The van der Waals surface area contributed by atoms with Gasteiger partial charge in [0.25, 0.3) is 5.91 Å². The van der Waals surface area contributed by atoms with Crippen molar-refractivity contribution in [3.8, 4) is 5.75 Å². The highest BCUT2D eigenvalue weighted by Gasteiger charge is 2.55. The van der Waals surface area contributed by atoms with Gasteiger partial charge in [-0.05, 0) is 43.0 Å². The van der Waals surface area contributed by atoms with Crippen LogP contribution in [-0.4, -0.2) is 48.0 Å². The summed E-state index contributed by atoms with van der Waals surface area (Å²) in [6, 6.07) is 6.34. The second-order valence-electron chi connectivity index (χ2n) is 7.15. The number of ether oxygens (including phenoxy) is 1. The van der Waals surface area contributed by atoms with Gasteiger partial charge in [0, 0.05) is 12.2 Å². The standard InChI is InChI=1S/C19H26N4O4.ClH/c1-13-4-2-3-9-19(13)17(25)23(18(26)22-19)12-16(24)21-14-5-7-15(8-6-14)27-11-10-20;/h5-8,13H,2-4,9-12,20H2,1H3,(H,21,24)(H,22,26);1H. The van der Waals surface area contributed by atoms with Gasteiger partial charge in [-0.3, -0.25) is 14.5 Å². The largest absolute Gasteiger partial charge is 0.492 e. The summed E-state index contributed by atoms with van der Waals surface area (Å²) in [5.41, 5.74) is 5.10. The summed E-state index contributed by atoms with van der Waals surface area (Å²) in [7, 11) is 0. The Morgan fingerprint density at radius 3 is 2.68 bits per heavy atom. The first kappa shape index (κ1) is 22.0. The average molecular weight is 411 g/mol. The number of hydrogen-bond donors (Lipinski definition) is 3. The van der Waals surface area contributed by atoms with Crippen LogP contribution in [0, 0.1) is 5.92 Å². The minimum atomic E-state index is -0.850. The number of benzene rings is 1. The predicted octanol–water partition coefficient (Wildman–Crippen LogP) is 1.89. The number of rotatable bonds is 6. The van der Waals surface area contributed by atoms with E-state index in [1.54, 1.807) is 24.3 Å². The van der Waals surface area contributed by atoms with E-state index in [-0.39, 0.29) is 30.8 Å². The molecule has 0 aromatic heterocycles. The van der Waals surface area contributed by atoms with Crippen molar-refractivity contribution >= 4 is 35.9 Å². The Bertz CT molecular complexity index is 727. The van der Waals surface area contributed by atoms with E-state index in [4.69, 9.17) is 10.5 Å². The highest BCUT2D eigenvalue weighted by molar-refractivity contribution is 6.10. The number of anilines is 1. The van der Waals surface area contributed by atoms with E-state index in [1.807, 2.05) is 6.92 Å². The number of imide groups is 1. The Morgan fingerprint density at radius 1 is 1.32 bits per heavy atom. The highest BCUT2D eigenvalue weighted by Crippen LogP contribution is 2.38. The molecule has 8 nitrogen and oxygen atoms in total. The van der Waals surface area contributed by atoms with Gasteiger partial charge in [-0.15, -0.1) is 12.4 Å². The highest BCUT2D eigenvalue weighted by atomic mass is 35.5. The smallest absolute Gasteiger partial charge is 0.325 e. The van der Waals surface area contributed by atoms with Gasteiger partial charge in [-0.2, -0.15) is 0 Å². The number of carbonyl (C=O) groups is 3. The van der Waals surface area contributed by atoms with Gasteiger partial charge in [-0.1, -0.05) is 19.8 Å². The Labute approximate surface area is 170 Å². The summed E-state index contributed by atoms with van der Waals surface area (Å²) in [6.07, 6.45) is 3.47. The van der Waals surface area contributed by atoms with Gasteiger partial charge in [-0.25, -0.2) is 4.79 Å². The SMILES string of the molecule is CC1CCCCC12NC(=O)N(CC(=O)Nc1ccc(OCCN)cc1)C2=O.Cl. The molecule has 1 aromatic carbocycles. The van der Waals surface area contributed by atoms with Crippen LogP contribution in [-0.2, 0) is 9.59 Å². The molecule has 1 saturated carbocycles. The van der Waals surface area contributed by atoms with Crippen LogP contribution in [0.5, 0.6) is 5.75 Å². The van der Waals surface area contributed by atoms with E-state index < -0.39 is 17.5 Å². The van der Waals surface area contributed by atoms with Gasteiger partial charge < -0.3 is 21.1 Å². The fraction of sp³-hybridized carbons (Fsp3) is 0.526.